The Morgan fingerprint density at radius 2 is 0.786 bits per heavy atom. The molecule has 0 heteroatoms. The van der Waals surface area contributed by atoms with E-state index in [9.17, 15) is 0 Å². The summed E-state index contributed by atoms with van der Waals surface area (Å²) in [6.07, 6.45) is 9.43. The second-order valence-electron chi connectivity index (χ2n) is 6.66. The van der Waals surface area contributed by atoms with Crippen molar-refractivity contribution in [2.24, 2.45) is 35.5 Å². The zero-order valence-electron chi connectivity index (χ0n) is 9.71. The standard InChI is InChI=1S/C14H24/c1-9-3-11-7-13-5-10(2)6-14(13)8-12(11)4-9/h9-14H,3-8H2,1-2H3. The highest BCUT2D eigenvalue weighted by atomic mass is 14.5. The van der Waals surface area contributed by atoms with Crippen LogP contribution < -0.4 is 0 Å². The maximum absolute atomic E-state index is 2.47. The van der Waals surface area contributed by atoms with Gasteiger partial charge in [0.2, 0.25) is 0 Å². The molecule has 0 heterocycles. The summed E-state index contributed by atoms with van der Waals surface area (Å²) in [5, 5.41) is 0. The van der Waals surface area contributed by atoms with E-state index in [1.165, 1.54) is 0 Å². The largest absolute Gasteiger partial charge is 0.0625 e. The van der Waals surface area contributed by atoms with E-state index in [1.54, 1.807) is 38.5 Å². The van der Waals surface area contributed by atoms with Crippen molar-refractivity contribution in [2.45, 2.75) is 52.4 Å². The first-order valence-electron chi connectivity index (χ1n) is 6.72. The summed E-state index contributed by atoms with van der Waals surface area (Å²) in [6, 6.07) is 0. The van der Waals surface area contributed by atoms with Crippen LogP contribution in [0.5, 0.6) is 0 Å². The minimum absolute atomic E-state index is 1.04. The van der Waals surface area contributed by atoms with Gasteiger partial charge in [-0.15, -0.1) is 0 Å². The van der Waals surface area contributed by atoms with Crippen molar-refractivity contribution in [1.29, 1.82) is 0 Å². The Labute approximate surface area is 88.5 Å². The lowest BCUT2D eigenvalue weighted by atomic mass is 9.71. The molecule has 0 radical (unpaired) electrons. The van der Waals surface area contributed by atoms with Gasteiger partial charge < -0.3 is 0 Å². The van der Waals surface area contributed by atoms with E-state index >= 15 is 0 Å². The second-order valence-corrected chi connectivity index (χ2v) is 6.66. The van der Waals surface area contributed by atoms with Crippen molar-refractivity contribution in [1.82, 2.24) is 0 Å². The van der Waals surface area contributed by atoms with Crippen molar-refractivity contribution < 1.29 is 0 Å². The van der Waals surface area contributed by atoms with Crippen LogP contribution in [0.3, 0.4) is 0 Å². The average molecular weight is 192 g/mol. The van der Waals surface area contributed by atoms with Gasteiger partial charge in [0.1, 0.15) is 0 Å². The quantitative estimate of drug-likeness (QED) is 0.542. The molecule has 3 aliphatic rings. The summed E-state index contributed by atoms with van der Waals surface area (Å²) in [6.45, 7) is 4.94. The predicted molar refractivity (Wildman–Crippen MR) is 60.0 cm³/mol. The smallest absolute Gasteiger partial charge is 0.0380 e. The fraction of sp³-hybridized carbons (Fsp3) is 1.00. The summed E-state index contributed by atoms with van der Waals surface area (Å²) in [5.41, 5.74) is 0. The first-order chi connectivity index (χ1) is 6.72. The third-order valence-electron chi connectivity index (χ3n) is 5.36. The topological polar surface area (TPSA) is 0 Å². The van der Waals surface area contributed by atoms with Crippen LogP contribution in [0.15, 0.2) is 0 Å². The molecule has 14 heavy (non-hydrogen) atoms. The zero-order valence-corrected chi connectivity index (χ0v) is 9.71. The molecule has 0 saturated heterocycles. The number of rotatable bonds is 0. The molecule has 0 nitrogen and oxygen atoms in total. The molecule has 0 aromatic rings. The molecule has 3 aliphatic carbocycles. The highest BCUT2D eigenvalue weighted by molar-refractivity contribution is 4.94. The predicted octanol–water partition coefficient (Wildman–Crippen LogP) is 4.10. The molecule has 4 unspecified atom stereocenters. The SMILES string of the molecule is CC1CC2CC3CC(C)CC3CC2C1. The molecular weight excluding hydrogens is 168 g/mol. The van der Waals surface area contributed by atoms with E-state index in [1.807, 2.05) is 0 Å². The highest BCUT2D eigenvalue weighted by Crippen LogP contribution is 2.54. The van der Waals surface area contributed by atoms with E-state index < -0.39 is 0 Å². The molecule has 0 aromatic heterocycles. The third kappa shape index (κ3) is 1.42. The molecule has 3 fully saturated rings. The summed E-state index contributed by atoms with van der Waals surface area (Å²) < 4.78 is 0. The minimum Gasteiger partial charge on any atom is -0.0625 e. The number of hydrogen-bond acceptors (Lipinski definition) is 0. The second kappa shape index (κ2) is 3.25. The van der Waals surface area contributed by atoms with Gasteiger partial charge in [-0.1, -0.05) is 13.8 Å². The van der Waals surface area contributed by atoms with E-state index in [4.69, 9.17) is 0 Å². The fourth-order valence-corrected chi connectivity index (χ4v) is 4.96. The van der Waals surface area contributed by atoms with Crippen LogP contribution in [0.4, 0.5) is 0 Å². The normalized spacial score (nSPS) is 57.0. The summed E-state index contributed by atoms with van der Waals surface area (Å²) >= 11 is 0. The van der Waals surface area contributed by atoms with Crippen molar-refractivity contribution >= 4 is 0 Å². The molecule has 3 saturated carbocycles. The molecule has 0 amide bonds. The highest BCUT2D eigenvalue weighted by Gasteiger charge is 2.44. The van der Waals surface area contributed by atoms with Gasteiger partial charge in [0.25, 0.3) is 0 Å². The molecule has 0 aliphatic heterocycles. The van der Waals surface area contributed by atoms with Gasteiger partial charge in [0, 0.05) is 0 Å². The first-order valence-corrected chi connectivity index (χ1v) is 6.72. The third-order valence-corrected chi connectivity index (χ3v) is 5.36. The van der Waals surface area contributed by atoms with E-state index in [-0.39, 0.29) is 0 Å². The van der Waals surface area contributed by atoms with Gasteiger partial charge in [0.15, 0.2) is 0 Å². The lowest BCUT2D eigenvalue weighted by Crippen LogP contribution is -2.25. The lowest BCUT2D eigenvalue weighted by molar-refractivity contribution is 0.157. The van der Waals surface area contributed by atoms with Gasteiger partial charge in [-0.3, -0.25) is 0 Å². The molecule has 4 atom stereocenters. The van der Waals surface area contributed by atoms with E-state index in [0.717, 1.165) is 35.5 Å². The fourth-order valence-electron chi connectivity index (χ4n) is 4.96. The van der Waals surface area contributed by atoms with Crippen LogP contribution in [-0.4, -0.2) is 0 Å². The Hall–Kier alpha value is 0. The van der Waals surface area contributed by atoms with E-state index in [2.05, 4.69) is 13.8 Å². The van der Waals surface area contributed by atoms with Crippen LogP contribution in [0.1, 0.15) is 52.4 Å². The monoisotopic (exact) mass is 192 g/mol. The Morgan fingerprint density at radius 1 is 0.500 bits per heavy atom. The van der Waals surface area contributed by atoms with Gasteiger partial charge in [-0.2, -0.15) is 0 Å². The van der Waals surface area contributed by atoms with Crippen LogP contribution >= 0.6 is 0 Å². The molecule has 0 bridgehead atoms. The van der Waals surface area contributed by atoms with Crippen LogP contribution in [0, 0.1) is 35.5 Å². The average Bonchev–Trinajstić information content (AvgIpc) is 2.59. The maximum Gasteiger partial charge on any atom is -0.0380 e. The van der Waals surface area contributed by atoms with Gasteiger partial charge in [-0.05, 0) is 74.0 Å². The van der Waals surface area contributed by atoms with Crippen LogP contribution in [-0.2, 0) is 0 Å². The van der Waals surface area contributed by atoms with Crippen molar-refractivity contribution in [3.63, 3.8) is 0 Å². The number of fused-ring (bicyclic) bond motifs is 2. The summed E-state index contributed by atoms with van der Waals surface area (Å²) in [5.74, 6) is 6.63. The molecule has 0 aromatic carbocycles. The zero-order chi connectivity index (χ0) is 9.71. The number of hydrogen-bond donors (Lipinski definition) is 0. The maximum atomic E-state index is 2.47. The van der Waals surface area contributed by atoms with Gasteiger partial charge in [0.05, 0.1) is 0 Å². The van der Waals surface area contributed by atoms with Crippen LogP contribution in [0.2, 0.25) is 0 Å². The Balaban J connectivity index is 1.71. The molecular formula is C14H24. The van der Waals surface area contributed by atoms with Crippen LogP contribution in [0.25, 0.3) is 0 Å². The Morgan fingerprint density at radius 3 is 1.07 bits per heavy atom. The minimum atomic E-state index is 1.04. The molecule has 0 spiro atoms. The van der Waals surface area contributed by atoms with Crippen molar-refractivity contribution in [3.8, 4) is 0 Å². The van der Waals surface area contributed by atoms with Crippen molar-refractivity contribution in [2.75, 3.05) is 0 Å². The first kappa shape index (κ1) is 9.24. The molecule has 80 valence electrons. The van der Waals surface area contributed by atoms with Gasteiger partial charge >= 0.3 is 0 Å². The summed E-state index contributed by atoms with van der Waals surface area (Å²) in [7, 11) is 0. The molecule has 3 rings (SSSR count). The Kier molecular flexibility index (Phi) is 2.15. The molecule has 0 N–H and O–H groups in total. The lowest BCUT2D eigenvalue weighted by Gasteiger charge is -2.34. The summed E-state index contributed by atoms with van der Waals surface area (Å²) in [4.78, 5) is 0. The Bertz CT molecular complexity index is 176. The van der Waals surface area contributed by atoms with Gasteiger partial charge in [-0.25, -0.2) is 0 Å². The van der Waals surface area contributed by atoms with E-state index in [0.29, 0.717) is 0 Å². The van der Waals surface area contributed by atoms with Crippen molar-refractivity contribution in [3.05, 3.63) is 0 Å².